The molecule has 0 radical (unpaired) electrons. The van der Waals surface area contributed by atoms with Crippen LogP contribution in [0.15, 0.2) is 27.8 Å². The molecule has 2 saturated carbocycles. The van der Waals surface area contributed by atoms with Crippen LogP contribution in [0, 0.1) is 17.2 Å². The zero-order valence-electron chi connectivity index (χ0n) is 10.6. The van der Waals surface area contributed by atoms with Gasteiger partial charge in [-0.05, 0) is 59.7 Å². The summed E-state index contributed by atoms with van der Waals surface area (Å²) in [7, 11) is 0. The Labute approximate surface area is 126 Å². The number of nitrogens with one attached hydrogen (secondary N) is 1. The van der Waals surface area contributed by atoms with Gasteiger partial charge in [0.25, 0.3) is 0 Å². The topological polar surface area (TPSA) is 48.7 Å². The van der Waals surface area contributed by atoms with Gasteiger partial charge < -0.3 is 0 Å². The average Bonchev–Trinajstić information content (AvgIpc) is 3.28. The molecule has 0 saturated heterocycles. The third kappa shape index (κ3) is 3.13. The summed E-state index contributed by atoms with van der Waals surface area (Å²) in [4.78, 5) is 4.37. The van der Waals surface area contributed by atoms with E-state index < -0.39 is 0 Å². The predicted octanol–water partition coefficient (Wildman–Crippen LogP) is 3.36. The number of rotatable bonds is 6. The van der Waals surface area contributed by atoms with Crippen molar-refractivity contribution >= 4 is 27.7 Å². The second-order valence-electron chi connectivity index (χ2n) is 5.36. The second-order valence-corrected chi connectivity index (χ2v) is 7.17. The van der Waals surface area contributed by atoms with Crippen molar-refractivity contribution in [3.8, 4) is 6.07 Å². The van der Waals surface area contributed by atoms with Gasteiger partial charge in [0.1, 0.15) is 10.6 Å². The molecule has 0 spiro atoms. The molecule has 0 aliphatic heterocycles. The number of aromatic nitrogens is 1. The van der Waals surface area contributed by atoms with Crippen molar-refractivity contribution < 1.29 is 0 Å². The van der Waals surface area contributed by atoms with Crippen LogP contribution in [-0.2, 0) is 0 Å². The molecule has 0 bridgehead atoms. The van der Waals surface area contributed by atoms with Crippen molar-refractivity contribution in [1.29, 1.82) is 5.26 Å². The fourth-order valence-electron chi connectivity index (χ4n) is 2.26. The number of thioether (sulfide) groups is 1. The first-order valence-corrected chi connectivity index (χ1v) is 8.44. The Hall–Kier alpha value is -0.570. The second kappa shape index (κ2) is 5.43. The minimum absolute atomic E-state index is 0.358. The summed E-state index contributed by atoms with van der Waals surface area (Å²) in [5.41, 5.74) is -0.358. The van der Waals surface area contributed by atoms with E-state index in [0.29, 0.717) is 12.0 Å². The van der Waals surface area contributed by atoms with E-state index in [0.717, 1.165) is 15.3 Å². The quantitative estimate of drug-likeness (QED) is 0.808. The maximum absolute atomic E-state index is 9.65. The molecule has 0 amide bonds. The minimum atomic E-state index is -0.358. The summed E-state index contributed by atoms with van der Waals surface area (Å²) in [6, 6.07) is 7.03. The lowest BCUT2D eigenvalue weighted by Crippen LogP contribution is -2.49. The molecule has 3 rings (SSSR count). The lowest BCUT2D eigenvalue weighted by molar-refractivity contribution is 0.401. The van der Waals surface area contributed by atoms with Crippen LogP contribution in [0.3, 0.4) is 0 Å². The van der Waals surface area contributed by atoms with Crippen molar-refractivity contribution in [2.45, 2.75) is 42.3 Å². The first-order chi connectivity index (χ1) is 9.23. The van der Waals surface area contributed by atoms with Gasteiger partial charge in [-0.25, -0.2) is 4.98 Å². The van der Waals surface area contributed by atoms with E-state index in [1.807, 2.05) is 12.1 Å². The lowest BCUT2D eigenvalue weighted by Gasteiger charge is -2.27. The van der Waals surface area contributed by atoms with Gasteiger partial charge in [-0.2, -0.15) is 5.26 Å². The molecule has 1 heterocycles. The number of nitriles is 1. The Morgan fingerprint density at radius 1 is 1.47 bits per heavy atom. The zero-order chi connectivity index (χ0) is 13.3. The van der Waals surface area contributed by atoms with E-state index >= 15 is 0 Å². The van der Waals surface area contributed by atoms with Gasteiger partial charge >= 0.3 is 0 Å². The van der Waals surface area contributed by atoms with Crippen LogP contribution in [-0.4, -0.2) is 22.3 Å². The fourth-order valence-corrected chi connectivity index (χ4v) is 3.95. The van der Waals surface area contributed by atoms with E-state index in [1.54, 1.807) is 18.0 Å². The molecule has 1 unspecified atom stereocenters. The van der Waals surface area contributed by atoms with E-state index in [9.17, 15) is 5.26 Å². The van der Waals surface area contributed by atoms with Crippen molar-refractivity contribution in [2.75, 3.05) is 5.75 Å². The molecule has 100 valence electrons. The van der Waals surface area contributed by atoms with Crippen molar-refractivity contribution in [2.24, 2.45) is 5.92 Å². The number of hydrogen-bond donors (Lipinski definition) is 1. The monoisotopic (exact) mass is 337 g/mol. The highest BCUT2D eigenvalue weighted by molar-refractivity contribution is 9.10. The largest absolute Gasteiger partial charge is 0.296 e. The molecule has 1 aromatic heterocycles. The molecular weight excluding hydrogens is 322 g/mol. The van der Waals surface area contributed by atoms with E-state index in [2.05, 4.69) is 32.3 Å². The summed E-state index contributed by atoms with van der Waals surface area (Å²) in [5.74, 6) is 1.30. The van der Waals surface area contributed by atoms with Gasteiger partial charge in [0.15, 0.2) is 0 Å². The first-order valence-electron chi connectivity index (χ1n) is 6.66. The minimum Gasteiger partial charge on any atom is -0.296 e. The van der Waals surface area contributed by atoms with Crippen molar-refractivity contribution in [3.05, 3.63) is 22.8 Å². The SMILES string of the molecule is N#CC(CSc1ncccc1Br)(NC1CC1)C1CC1. The molecular formula is C14H16BrN3S. The summed E-state index contributed by atoms with van der Waals surface area (Å²) in [5, 5.41) is 14.2. The third-order valence-electron chi connectivity index (χ3n) is 3.67. The normalized spacial score (nSPS) is 21.7. The smallest absolute Gasteiger partial charge is 0.119 e. The standard InChI is InChI=1S/C14H16BrN3S/c15-12-2-1-7-17-13(12)19-9-14(8-16,10-3-4-10)18-11-5-6-11/h1-2,7,10-11,18H,3-6,9H2. The van der Waals surface area contributed by atoms with Crippen LogP contribution in [0.1, 0.15) is 25.7 Å². The molecule has 0 aromatic carbocycles. The van der Waals surface area contributed by atoms with Crippen molar-refractivity contribution in [3.63, 3.8) is 0 Å². The van der Waals surface area contributed by atoms with Crippen LogP contribution in [0.25, 0.3) is 0 Å². The van der Waals surface area contributed by atoms with Crippen LogP contribution in [0.2, 0.25) is 0 Å². The number of nitrogens with zero attached hydrogens (tertiary/aromatic N) is 2. The molecule has 2 fully saturated rings. The number of halogens is 1. The fraction of sp³-hybridized carbons (Fsp3) is 0.571. The lowest BCUT2D eigenvalue weighted by atomic mass is 9.97. The van der Waals surface area contributed by atoms with Crippen LogP contribution in [0.5, 0.6) is 0 Å². The Morgan fingerprint density at radius 2 is 2.26 bits per heavy atom. The Balaban J connectivity index is 1.71. The van der Waals surface area contributed by atoms with Crippen LogP contribution < -0.4 is 5.32 Å². The summed E-state index contributed by atoms with van der Waals surface area (Å²) in [6.07, 6.45) is 6.59. The molecule has 2 aliphatic rings. The summed E-state index contributed by atoms with van der Waals surface area (Å²) < 4.78 is 1.01. The van der Waals surface area contributed by atoms with Gasteiger partial charge in [0, 0.05) is 22.5 Å². The number of pyridine rings is 1. The van der Waals surface area contributed by atoms with Gasteiger partial charge in [-0.15, -0.1) is 11.8 Å². The average molecular weight is 338 g/mol. The molecule has 19 heavy (non-hydrogen) atoms. The highest BCUT2D eigenvalue weighted by Gasteiger charge is 2.48. The van der Waals surface area contributed by atoms with Gasteiger partial charge in [-0.1, -0.05) is 0 Å². The molecule has 1 aromatic rings. The highest BCUT2D eigenvalue weighted by atomic mass is 79.9. The Morgan fingerprint density at radius 3 is 2.84 bits per heavy atom. The molecule has 3 nitrogen and oxygen atoms in total. The summed E-state index contributed by atoms with van der Waals surface area (Å²) in [6.45, 7) is 0. The summed E-state index contributed by atoms with van der Waals surface area (Å²) >= 11 is 5.19. The van der Waals surface area contributed by atoms with Gasteiger partial charge in [-0.3, -0.25) is 5.32 Å². The van der Waals surface area contributed by atoms with E-state index in [1.165, 1.54) is 25.7 Å². The van der Waals surface area contributed by atoms with Crippen LogP contribution in [0.4, 0.5) is 0 Å². The number of hydrogen-bond acceptors (Lipinski definition) is 4. The predicted molar refractivity (Wildman–Crippen MR) is 79.9 cm³/mol. The zero-order valence-corrected chi connectivity index (χ0v) is 13.0. The van der Waals surface area contributed by atoms with Crippen LogP contribution >= 0.6 is 27.7 Å². The van der Waals surface area contributed by atoms with Gasteiger partial charge in [0.2, 0.25) is 0 Å². The Bertz CT molecular complexity index is 508. The molecule has 5 heteroatoms. The van der Waals surface area contributed by atoms with E-state index in [4.69, 9.17) is 0 Å². The highest BCUT2D eigenvalue weighted by Crippen LogP contribution is 2.44. The van der Waals surface area contributed by atoms with E-state index in [-0.39, 0.29) is 5.54 Å². The maximum Gasteiger partial charge on any atom is 0.119 e. The van der Waals surface area contributed by atoms with Crippen molar-refractivity contribution in [1.82, 2.24) is 10.3 Å². The molecule has 1 atom stereocenters. The maximum atomic E-state index is 9.65. The van der Waals surface area contributed by atoms with Gasteiger partial charge in [0.05, 0.1) is 6.07 Å². The molecule has 1 N–H and O–H groups in total. The Kier molecular flexibility index (Phi) is 3.84. The first kappa shape index (κ1) is 13.4. The third-order valence-corrected chi connectivity index (χ3v) is 5.77. The molecule has 2 aliphatic carbocycles.